The molecule has 2 saturated heterocycles. The van der Waals surface area contributed by atoms with Crippen molar-refractivity contribution < 1.29 is 14.3 Å². The number of amides is 2. The number of nitrogens with zero attached hydrogens (tertiary/aromatic N) is 1. The van der Waals surface area contributed by atoms with Gasteiger partial charge in [-0.1, -0.05) is 42.5 Å². The summed E-state index contributed by atoms with van der Waals surface area (Å²) in [4.78, 5) is 27.1. The van der Waals surface area contributed by atoms with Crippen molar-refractivity contribution in [2.75, 3.05) is 20.2 Å². The van der Waals surface area contributed by atoms with Crippen molar-refractivity contribution >= 4 is 11.8 Å². The van der Waals surface area contributed by atoms with Gasteiger partial charge in [0.2, 0.25) is 11.8 Å². The van der Waals surface area contributed by atoms with Gasteiger partial charge in [-0.2, -0.15) is 0 Å². The largest absolute Gasteiger partial charge is 0.497 e. The van der Waals surface area contributed by atoms with Gasteiger partial charge in [0, 0.05) is 25.9 Å². The van der Waals surface area contributed by atoms with Crippen LogP contribution in [-0.4, -0.2) is 48.6 Å². The molecule has 29 heavy (non-hydrogen) atoms. The van der Waals surface area contributed by atoms with E-state index in [1.807, 2.05) is 59.5 Å². The molecule has 6 nitrogen and oxygen atoms in total. The standard InChI is InChI=1S/C23H27N3O3/c1-29-19-9-7-18(8-10-19)16-21(27)26-13-11-23(12-14-26)24-20(22(28)25-23)15-17-5-3-2-4-6-17/h2-10,20,24H,11-16H2,1H3,(H,25,28). The number of nitrogens with one attached hydrogen (secondary N) is 2. The molecule has 2 aromatic carbocycles. The Hall–Kier alpha value is -2.86. The number of piperidine rings is 1. The lowest BCUT2D eigenvalue weighted by Gasteiger charge is -2.39. The molecule has 4 rings (SSSR count). The number of hydrogen-bond acceptors (Lipinski definition) is 4. The maximum absolute atomic E-state index is 12.7. The summed E-state index contributed by atoms with van der Waals surface area (Å²) in [6.45, 7) is 1.28. The van der Waals surface area contributed by atoms with Crippen molar-refractivity contribution in [1.29, 1.82) is 0 Å². The van der Waals surface area contributed by atoms with E-state index in [0.29, 0.717) is 25.9 Å². The Balaban J connectivity index is 1.31. The quantitative estimate of drug-likeness (QED) is 0.814. The maximum atomic E-state index is 12.7. The molecular formula is C23H27N3O3. The molecule has 0 radical (unpaired) electrons. The molecule has 0 saturated carbocycles. The summed E-state index contributed by atoms with van der Waals surface area (Å²) in [5.41, 5.74) is 1.73. The molecule has 1 unspecified atom stereocenters. The summed E-state index contributed by atoms with van der Waals surface area (Å²) in [7, 11) is 1.63. The number of ether oxygens (including phenoxy) is 1. The zero-order valence-electron chi connectivity index (χ0n) is 16.7. The minimum atomic E-state index is -0.395. The van der Waals surface area contributed by atoms with Crippen LogP contribution in [0.3, 0.4) is 0 Å². The monoisotopic (exact) mass is 393 g/mol. The van der Waals surface area contributed by atoms with Crippen LogP contribution in [0.15, 0.2) is 54.6 Å². The van der Waals surface area contributed by atoms with Gasteiger partial charge in [-0.25, -0.2) is 0 Å². The second-order valence-corrected chi connectivity index (χ2v) is 7.86. The van der Waals surface area contributed by atoms with E-state index in [-0.39, 0.29) is 17.9 Å². The van der Waals surface area contributed by atoms with Crippen LogP contribution in [0, 0.1) is 0 Å². The first-order chi connectivity index (χ1) is 14.1. The number of benzene rings is 2. The highest BCUT2D eigenvalue weighted by Crippen LogP contribution is 2.26. The summed E-state index contributed by atoms with van der Waals surface area (Å²) < 4.78 is 5.16. The molecule has 0 bridgehead atoms. The van der Waals surface area contributed by atoms with Crippen LogP contribution < -0.4 is 15.4 Å². The van der Waals surface area contributed by atoms with Crippen LogP contribution in [0.2, 0.25) is 0 Å². The molecule has 2 aromatic rings. The fraction of sp³-hybridized carbons (Fsp3) is 0.391. The van der Waals surface area contributed by atoms with Crippen molar-refractivity contribution in [2.45, 2.75) is 37.4 Å². The van der Waals surface area contributed by atoms with Crippen molar-refractivity contribution in [2.24, 2.45) is 0 Å². The van der Waals surface area contributed by atoms with Gasteiger partial charge >= 0.3 is 0 Å². The van der Waals surface area contributed by atoms with Crippen LogP contribution in [0.5, 0.6) is 5.75 Å². The molecule has 2 aliphatic heterocycles. The summed E-state index contributed by atoms with van der Waals surface area (Å²) in [6, 6.07) is 17.4. The van der Waals surface area contributed by atoms with Gasteiger partial charge in [0.15, 0.2) is 0 Å². The van der Waals surface area contributed by atoms with E-state index < -0.39 is 5.66 Å². The summed E-state index contributed by atoms with van der Waals surface area (Å²) in [5, 5.41) is 6.67. The van der Waals surface area contributed by atoms with Crippen LogP contribution >= 0.6 is 0 Å². The summed E-state index contributed by atoms with van der Waals surface area (Å²) in [6.07, 6.45) is 2.50. The van der Waals surface area contributed by atoms with Gasteiger partial charge in [-0.05, 0) is 29.7 Å². The molecule has 152 valence electrons. The number of carbonyl (C=O) groups excluding carboxylic acids is 2. The highest BCUT2D eigenvalue weighted by molar-refractivity contribution is 5.85. The first-order valence-corrected chi connectivity index (χ1v) is 10.1. The maximum Gasteiger partial charge on any atom is 0.238 e. The highest BCUT2D eigenvalue weighted by Gasteiger charge is 2.45. The Labute approximate surface area is 171 Å². The van der Waals surface area contributed by atoms with Crippen molar-refractivity contribution in [3.05, 3.63) is 65.7 Å². The summed E-state index contributed by atoms with van der Waals surface area (Å²) >= 11 is 0. The average molecular weight is 393 g/mol. The SMILES string of the molecule is COc1ccc(CC(=O)N2CCC3(CC2)NC(=O)C(Cc2ccccc2)N3)cc1. The van der Waals surface area contributed by atoms with Crippen LogP contribution in [0.25, 0.3) is 0 Å². The molecule has 1 spiro atoms. The number of hydrogen-bond donors (Lipinski definition) is 2. The number of methoxy groups -OCH3 is 1. The zero-order chi connectivity index (χ0) is 20.3. The van der Waals surface area contributed by atoms with Gasteiger partial charge < -0.3 is 15.0 Å². The lowest BCUT2D eigenvalue weighted by atomic mass is 9.96. The Morgan fingerprint density at radius 1 is 1.07 bits per heavy atom. The van der Waals surface area contributed by atoms with E-state index in [0.717, 1.165) is 29.7 Å². The minimum absolute atomic E-state index is 0.0480. The van der Waals surface area contributed by atoms with Crippen LogP contribution in [0.1, 0.15) is 24.0 Å². The highest BCUT2D eigenvalue weighted by atomic mass is 16.5. The van der Waals surface area contributed by atoms with Crippen molar-refractivity contribution in [3.8, 4) is 5.75 Å². The minimum Gasteiger partial charge on any atom is -0.497 e. The molecule has 2 amide bonds. The smallest absolute Gasteiger partial charge is 0.238 e. The van der Waals surface area contributed by atoms with Gasteiger partial charge in [0.1, 0.15) is 5.75 Å². The van der Waals surface area contributed by atoms with Gasteiger partial charge in [-0.3, -0.25) is 14.9 Å². The van der Waals surface area contributed by atoms with E-state index in [4.69, 9.17) is 4.74 Å². The average Bonchev–Trinajstić information content (AvgIpc) is 3.04. The predicted octanol–water partition coefficient (Wildman–Crippen LogP) is 1.89. The third-order valence-corrected chi connectivity index (χ3v) is 5.90. The van der Waals surface area contributed by atoms with E-state index in [1.165, 1.54) is 0 Å². The van der Waals surface area contributed by atoms with E-state index in [2.05, 4.69) is 10.6 Å². The van der Waals surface area contributed by atoms with E-state index >= 15 is 0 Å². The number of rotatable bonds is 5. The lowest BCUT2D eigenvalue weighted by Crippen LogP contribution is -2.58. The molecule has 2 N–H and O–H groups in total. The molecule has 2 aliphatic rings. The Morgan fingerprint density at radius 2 is 1.76 bits per heavy atom. The third-order valence-electron chi connectivity index (χ3n) is 5.90. The van der Waals surface area contributed by atoms with Crippen LogP contribution in [-0.2, 0) is 22.4 Å². The van der Waals surface area contributed by atoms with Crippen molar-refractivity contribution in [3.63, 3.8) is 0 Å². The first kappa shape index (κ1) is 19.5. The Morgan fingerprint density at radius 3 is 2.41 bits per heavy atom. The summed E-state index contributed by atoms with van der Waals surface area (Å²) in [5.74, 6) is 0.955. The second-order valence-electron chi connectivity index (χ2n) is 7.86. The van der Waals surface area contributed by atoms with Crippen molar-refractivity contribution in [1.82, 2.24) is 15.5 Å². The lowest BCUT2D eigenvalue weighted by molar-refractivity contribution is -0.132. The van der Waals surface area contributed by atoms with Gasteiger partial charge in [0.25, 0.3) is 0 Å². The van der Waals surface area contributed by atoms with Crippen LogP contribution in [0.4, 0.5) is 0 Å². The molecule has 2 heterocycles. The topological polar surface area (TPSA) is 70.7 Å². The normalized spacial score (nSPS) is 20.5. The van der Waals surface area contributed by atoms with Gasteiger partial charge in [-0.15, -0.1) is 0 Å². The fourth-order valence-corrected chi connectivity index (χ4v) is 4.19. The molecule has 2 fully saturated rings. The zero-order valence-corrected chi connectivity index (χ0v) is 16.7. The van der Waals surface area contributed by atoms with E-state index in [9.17, 15) is 9.59 Å². The molecule has 0 aliphatic carbocycles. The second kappa shape index (κ2) is 8.25. The fourth-order valence-electron chi connectivity index (χ4n) is 4.19. The van der Waals surface area contributed by atoms with Gasteiger partial charge in [0.05, 0.1) is 25.2 Å². The Bertz CT molecular complexity index is 859. The number of carbonyl (C=O) groups is 2. The third kappa shape index (κ3) is 4.43. The molecule has 6 heteroatoms. The molecule has 0 aromatic heterocycles. The molecule has 1 atom stereocenters. The first-order valence-electron chi connectivity index (χ1n) is 10.1. The molecular weight excluding hydrogens is 366 g/mol. The predicted molar refractivity (Wildman–Crippen MR) is 110 cm³/mol. The Kier molecular flexibility index (Phi) is 5.53. The number of likely N-dealkylation sites (tertiary alicyclic amines) is 1. The van der Waals surface area contributed by atoms with E-state index in [1.54, 1.807) is 7.11 Å².